The minimum absolute atomic E-state index is 0.636. The molecule has 1 rings (SSSR count). The molecule has 0 radical (unpaired) electrons. The van der Waals surface area contributed by atoms with Crippen molar-refractivity contribution in [2.45, 2.75) is 45.0 Å². The smallest absolute Gasteiger partial charge is 0.184 e. The van der Waals surface area contributed by atoms with Crippen molar-refractivity contribution >= 4 is 8.32 Å². The van der Waals surface area contributed by atoms with Crippen LogP contribution in [-0.4, -0.2) is 14.4 Å². The fourth-order valence-corrected chi connectivity index (χ4v) is 2.22. The molecule has 0 aromatic carbocycles. The van der Waals surface area contributed by atoms with E-state index in [1.165, 1.54) is 19.3 Å². The first kappa shape index (κ1) is 7.29. The molecule has 2 heteroatoms. The van der Waals surface area contributed by atoms with Gasteiger partial charge in [-0.25, -0.2) is 0 Å². The Morgan fingerprint density at radius 2 is 1.78 bits per heavy atom. The minimum Gasteiger partial charge on any atom is -0.415 e. The minimum atomic E-state index is -1.19. The summed E-state index contributed by atoms with van der Waals surface area (Å²) in [4.78, 5) is 0. The van der Waals surface area contributed by atoms with Crippen LogP contribution in [0, 0.1) is 0 Å². The van der Waals surface area contributed by atoms with E-state index >= 15 is 0 Å². The molecule has 0 atom stereocenters. The van der Waals surface area contributed by atoms with Crippen LogP contribution in [0.5, 0.6) is 0 Å². The third-order valence-corrected chi connectivity index (χ3v) is 2.61. The summed E-state index contributed by atoms with van der Waals surface area (Å²) < 4.78 is 5.81. The molecule has 0 aromatic rings. The Hall–Kier alpha value is 0.177. The van der Waals surface area contributed by atoms with E-state index in [0.717, 1.165) is 0 Å². The molecule has 0 heterocycles. The van der Waals surface area contributed by atoms with Crippen LogP contribution in [0.4, 0.5) is 0 Å². The summed E-state index contributed by atoms with van der Waals surface area (Å²) in [5.41, 5.74) is 0. The summed E-state index contributed by atoms with van der Waals surface area (Å²) in [5.74, 6) is 0. The first-order chi connectivity index (χ1) is 4.08. The van der Waals surface area contributed by atoms with Gasteiger partial charge in [-0.3, -0.25) is 0 Å². The summed E-state index contributed by atoms with van der Waals surface area (Å²) in [5, 5.41) is 0. The zero-order valence-corrected chi connectivity index (χ0v) is 7.61. The largest absolute Gasteiger partial charge is 0.415 e. The molecule has 1 aliphatic rings. The summed E-state index contributed by atoms with van der Waals surface area (Å²) in [6, 6.07) is 0. The van der Waals surface area contributed by atoms with Crippen LogP contribution in [0.15, 0.2) is 0 Å². The van der Waals surface area contributed by atoms with Crippen molar-refractivity contribution in [3.05, 3.63) is 0 Å². The van der Waals surface area contributed by atoms with Crippen LogP contribution >= 0.6 is 0 Å². The van der Waals surface area contributed by atoms with E-state index in [0.29, 0.717) is 6.10 Å². The fourth-order valence-electron chi connectivity index (χ4n) is 0.989. The van der Waals surface area contributed by atoms with Crippen LogP contribution in [0.3, 0.4) is 0 Å². The van der Waals surface area contributed by atoms with Gasteiger partial charge in [0.2, 0.25) is 0 Å². The predicted octanol–water partition coefficient (Wildman–Crippen LogP) is 2.39. The molecule has 1 fully saturated rings. The van der Waals surface area contributed by atoms with Crippen molar-refractivity contribution in [3.63, 3.8) is 0 Å². The van der Waals surface area contributed by atoms with Gasteiger partial charge in [0.05, 0.1) is 0 Å². The Balaban J connectivity index is 2.16. The maximum absolute atomic E-state index is 5.81. The average molecular weight is 144 g/mol. The van der Waals surface area contributed by atoms with Gasteiger partial charge in [-0.15, -0.1) is 0 Å². The lowest BCUT2D eigenvalue weighted by atomic mass is 9.97. The Kier molecular flexibility index (Phi) is 1.96. The molecular formula is C7H16OSi. The Bertz CT molecular complexity index is 91.6. The van der Waals surface area contributed by atoms with Gasteiger partial charge < -0.3 is 4.43 Å². The first-order valence-electron chi connectivity index (χ1n) is 3.76. The van der Waals surface area contributed by atoms with E-state index in [-0.39, 0.29) is 0 Å². The van der Waals surface area contributed by atoms with Crippen molar-refractivity contribution in [3.8, 4) is 0 Å². The molecule has 9 heavy (non-hydrogen) atoms. The quantitative estimate of drug-likeness (QED) is 0.541. The van der Waals surface area contributed by atoms with Crippen LogP contribution in [-0.2, 0) is 4.43 Å². The Morgan fingerprint density at radius 1 is 1.22 bits per heavy atom. The summed E-state index contributed by atoms with van der Waals surface area (Å²) in [6.07, 6.45) is 4.64. The lowest BCUT2D eigenvalue weighted by molar-refractivity contribution is 0.113. The highest BCUT2D eigenvalue weighted by Gasteiger charge is 2.25. The molecule has 1 nitrogen and oxygen atoms in total. The SMILES string of the molecule is C[Si](C)(C)OC1CCC1. The van der Waals surface area contributed by atoms with Gasteiger partial charge >= 0.3 is 0 Å². The second-order valence-corrected chi connectivity index (χ2v) is 8.24. The number of hydrogen-bond donors (Lipinski definition) is 0. The lowest BCUT2D eigenvalue weighted by Gasteiger charge is -2.32. The van der Waals surface area contributed by atoms with E-state index < -0.39 is 8.32 Å². The summed E-state index contributed by atoms with van der Waals surface area (Å²) >= 11 is 0. The molecular weight excluding hydrogens is 128 g/mol. The highest BCUT2D eigenvalue weighted by molar-refractivity contribution is 6.69. The zero-order chi connectivity index (χ0) is 6.91. The molecule has 1 saturated carbocycles. The van der Waals surface area contributed by atoms with Crippen molar-refractivity contribution in [2.24, 2.45) is 0 Å². The number of hydrogen-bond acceptors (Lipinski definition) is 1. The maximum Gasteiger partial charge on any atom is 0.184 e. The molecule has 0 unspecified atom stereocenters. The molecule has 54 valence electrons. The van der Waals surface area contributed by atoms with Crippen molar-refractivity contribution < 1.29 is 4.43 Å². The van der Waals surface area contributed by atoms with Gasteiger partial charge in [-0.2, -0.15) is 0 Å². The van der Waals surface area contributed by atoms with Crippen molar-refractivity contribution in [1.82, 2.24) is 0 Å². The molecule has 0 spiro atoms. The fraction of sp³-hybridized carbons (Fsp3) is 1.00. The van der Waals surface area contributed by atoms with Crippen LogP contribution in [0.2, 0.25) is 19.6 Å². The van der Waals surface area contributed by atoms with Gasteiger partial charge in [0.15, 0.2) is 8.32 Å². The molecule has 0 aliphatic heterocycles. The standard InChI is InChI=1S/C7H16OSi/c1-9(2,3)8-7-5-4-6-7/h7H,4-6H2,1-3H3. The van der Waals surface area contributed by atoms with Crippen LogP contribution in [0.25, 0.3) is 0 Å². The topological polar surface area (TPSA) is 9.23 Å². The zero-order valence-electron chi connectivity index (χ0n) is 6.61. The maximum atomic E-state index is 5.81. The summed E-state index contributed by atoms with van der Waals surface area (Å²) in [7, 11) is -1.19. The van der Waals surface area contributed by atoms with Gasteiger partial charge in [0, 0.05) is 6.10 Å². The molecule has 0 aromatic heterocycles. The van der Waals surface area contributed by atoms with Crippen LogP contribution < -0.4 is 0 Å². The van der Waals surface area contributed by atoms with E-state index in [1.54, 1.807) is 0 Å². The molecule has 0 bridgehead atoms. The van der Waals surface area contributed by atoms with Gasteiger partial charge in [0.1, 0.15) is 0 Å². The van der Waals surface area contributed by atoms with Gasteiger partial charge in [0.25, 0.3) is 0 Å². The second-order valence-electron chi connectivity index (χ2n) is 3.78. The van der Waals surface area contributed by atoms with Crippen molar-refractivity contribution in [2.75, 3.05) is 0 Å². The number of rotatable bonds is 2. The lowest BCUT2D eigenvalue weighted by Crippen LogP contribution is -2.35. The molecule has 0 amide bonds. The third kappa shape index (κ3) is 2.50. The highest BCUT2D eigenvalue weighted by Crippen LogP contribution is 2.25. The van der Waals surface area contributed by atoms with E-state index in [9.17, 15) is 0 Å². The van der Waals surface area contributed by atoms with Crippen LogP contribution in [0.1, 0.15) is 19.3 Å². The van der Waals surface area contributed by atoms with E-state index in [1.807, 2.05) is 0 Å². The Labute approximate surface area is 58.5 Å². The third-order valence-electron chi connectivity index (χ3n) is 1.57. The van der Waals surface area contributed by atoms with E-state index in [4.69, 9.17) is 4.43 Å². The molecule has 0 saturated heterocycles. The Morgan fingerprint density at radius 3 is 1.89 bits per heavy atom. The summed E-state index contributed by atoms with van der Waals surface area (Å²) in [6.45, 7) is 6.77. The predicted molar refractivity (Wildman–Crippen MR) is 42.1 cm³/mol. The second kappa shape index (κ2) is 2.43. The first-order valence-corrected chi connectivity index (χ1v) is 7.16. The highest BCUT2D eigenvalue weighted by atomic mass is 28.4. The van der Waals surface area contributed by atoms with E-state index in [2.05, 4.69) is 19.6 Å². The van der Waals surface area contributed by atoms with Gasteiger partial charge in [-0.1, -0.05) is 0 Å². The van der Waals surface area contributed by atoms with Gasteiger partial charge in [-0.05, 0) is 38.9 Å². The van der Waals surface area contributed by atoms with Crippen molar-refractivity contribution in [1.29, 1.82) is 0 Å². The normalized spacial score (nSPS) is 21.7. The molecule has 1 aliphatic carbocycles. The monoisotopic (exact) mass is 144 g/mol. The average Bonchev–Trinajstić information content (AvgIpc) is 1.53. The molecule has 0 N–H and O–H groups in total.